The van der Waals surface area contributed by atoms with E-state index in [1.54, 1.807) is 0 Å². The highest BCUT2D eigenvalue weighted by molar-refractivity contribution is 5.78. The lowest BCUT2D eigenvalue weighted by molar-refractivity contribution is -0.128. The normalized spacial score (nSPS) is 18.6. The van der Waals surface area contributed by atoms with Crippen molar-refractivity contribution in [1.29, 1.82) is 0 Å². The molecule has 0 radical (unpaired) electrons. The molecule has 2 fully saturated rings. The number of aromatic nitrogens is 2. The first-order valence-corrected chi connectivity index (χ1v) is 10.8. The molecular formula is C23H32N4O2. The smallest absolute Gasteiger partial charge is 0.222 e. The Labute approximate surface area is 173 Å². The molecule has 2 saturated heterocycles. The maximum atomic E-state index is 11.6. The van der Waals surface area contributed by atoms with Gasteiger partial charge in [0.05, 0.1) is 18.3 Å². The number of ether oxygens (including phenoxy) is 1. The predicted molar refractivity (Wildman–Crippen MR) is 113 cm³/mol. The number of likely N-dealkylation sites (tertiary alicyclic amines) is 2. The largest absolute Gasteiger partial charge is 0.492 e. The van der Waals surface area contributed by atoms with Crippen molar-refractivity contribution in [3.8, 4) is 5.75 Å². The van der Waals surface area contributed by atoms with Gasteiger partial charge in [-0.1, -0.05) is 12.1 Å². The van der Waals surface area contributed by atoms with E-state index in [-0.39, 0.29) is 5.91 Å². The van der Waals surface area contributed by atoms with Crippen LogP contribution in [0.3, 0.4) is 0 Å². The molecule has 0 aliphatic carbocycles. The van der Waals surface area contributed by atoms with Gasteiger partial charge < -0.3 is 9.64 Å². The van der Waals surface area contributed by atoms with Crippen LogP contribution in [0.15, 0.2) is 30.3 Å². The molecule has 156 valence electrons. The van der Waals surface area contributed by atoms with Gasteiger partial charge in [-0.25, -0.2) is 0 Å². The average Bonchev–Trinajstić information content (AvgIpc) is 3.28. The third-order valence-corrected chi connectivity index (χ3v) is 6.08. The van der Waals surface area contributed by atoms with E-state index in [1.165, 1.54) is 11.3 Å². The maximum Gasteiger partial charge on any atom is 0.222 e. The van der Waals surface area contributed by atoms with Crippen LogP contribution in [0.25, 0.3) is 0 Å². The Balaban J connectivity index is 1.21. The zero-order chi connectivity index (χ0) is 20.2. The number of hydrogen-bond acceptors (Lipinski definition) is 4. The van der Waals surface area contributed by atoms with E-state index in [2.05, 4.69) is 46.7 Å². The molecule has 1 aromatic heterocycles. The molecular weight excluding hydrogens is 364 g/mol. The molecule has 0 unspecified atom stereocenters. The summed E-state index contributed by atoms with van der Waals surface area (Å²) in [4.78, 5) is 16.0. The first kappa shape index (κ1) is 20.0. The summed E-state index contributed by atoms with van der Waals surface area (Å²) in [7, 11) is 0. The molecule has 3 heterocycles. The first-order valence-electron chi connectivity index (χ1n) is 10.8. The minimum absolute atomic E-state index is 0.255. The van der Waals surface area contributed by atoms with Gasteiger partial charge in [-0.15, -0.1) is 0 Å². The van der Waals surface area contributed by atoms with E-state index in [4.69, 9.17) is 4.74 Å². The lowest BCUT2D eigenvalue weighted by Gasteiger charge is -2.32. The number of benzene rings is 1. The number of carbonyl (C=O) groups excluding carboxylic acids is 1. The standard InChI is InChI=1S/C23H32N4O2/c1-18-16-19(2)27(24-18)21-9-12-25(13-10-21)17-20-5-7-22(8-6-20)29-15-14-26-11-3-4-23(26)28/h5-8,16,21H,3-4,9-15,17H2,1-2H3. The van der Waals surface area contributed by atoms with Gasteiger partial charge in [-0.2, -0.15) is 5.10 Å². The Kier molecular flexibility index (Phi) is 6.19. The second-order valence-electron chi connectivity index (χ2n) is 8.36. The lowest BCUT2D eigenvalue weighted by atomic mass is 10.0. The summed E-state index contributed by atoms with van der Waals surface area (Å²) in [6.45, 7) is 9.52. The first-order chi connectivity index (χ1) is 14.1. The number of hydrogen-bond donors (Lipinski definition) is 0. The van der Waals surface area contributed by atoms with Crippen LogP contribution < -0.4 is 4.74 Å². The van der Waals surface area contributed by atoms with Crippen LogP contribution in [0.2, 0.25) is 0 Å². The Bertz CT molecular complexity index is 822. The summed E-state index contributed by atoms with van der Waals surface area (Å²) >= 11 is 0. The van der Waals surface area contributed by atoms with Gasteiger partial charge in [0.15, 0.2) is 0 Å². The van der Waals surface area contributed by atoms with E-state index in [0.29, 0.717) is 25.6 Å². The molecule has 1 aromatic carbocycles. The van der Waals surface area contributed by atoms with Crippen LogP contribution in [0, 0.1) is 13.8 Å². The summed E-state index contributed by atoms with van der Waals surface area (Å²) < 4.78 is 8.04. The van der Waals surface area contributed by atoms with E-state index >= 15 is 0 Å². The molecule has 1 amide bonds. The quantitative estimate of drug-likeness (QED) is 0.720. The van der Waals surface area contributed by atoms with Crippen molar-refractivity contribution in [2.75, 3.05) is 32.8 Å². The van der Waals surface area contributed by atoms with Crippen LogP contribution in [0.4, 0.5) is 0 Å². The van der Waals surface area contributed by atoms with Crippen molar-refractivity contribution >= 4 is 5.91 Å². The van der Waals surface area contributed by atoms with Gasteiger partial charge in [0.2, 0.25) is 5.91 Å². The van der Waals surface area contributed by atoms with Crippen molar-refractivity contribution < 1.29 is 9.53 Å². The molecule has 6 heteroatoms. The topological polar surface area (TPSA) is 50.6 Å². The average molecular weight is 397 g/mol. The Morgan fingerprint density at radius 2 is 1.86 bits per heavy atom. The van der Waals surface area contributed by atoms with Crippen LogP contribution in [-0.4, -0.2) is 58.3 Å². The number of aryl methyl sites for hydroxylation is 2. The fourth-order valence-corrected chi connectivity index (χ4v) is 4.50. The van der Waals surface area contributed by atoms with E-state index in [1.807, 2.05) is 17.0 Å². The van der Waals surface area contributed by atoms with Crippen molar-refractivity contribution in [1.82, 2.24) is 19.6 Å². The summed E-state index contributed by atoms with van der Waals surface area (Å²) in [5.41, 5.74) is 3.70. The summed E-state index contributed by atoms with van der Waals surface area (Å²) in [5.74, 6) is 1.13. The minimum atomic E-state index is 0.255. The van der Waals surface area contributed by atoms with Gasteiger partial charge >= 0.3 is 0 Å². The predicted octanol–water partition coefficient (Wildman–Crippen LogP) is 3.34. The van der Waals surface area contributed by atoms with E-state index < -0.39 is 0 Å². The molecule has 0 saturated carbocycles. The third-order valence-electron chi connectivity index (χ3n) is 6.08. The molecule has 29 heavy (non-hydrogen) atoms. The molecule has 4 rings (SSSR count). The van der Waals surface area contributed by atoms with Crippen LogP contribution in [0.1, 0.15) is 48.7 Å². The summed E-state index contributed by atoms with van der Waals surface area (Å²) in [5, 5.41) is 4.67. The zero-order valence-electron chi connectivity index (χ0n) is 17.6. The fourth-order valence-electron chi connectivity index (χ4n) is 4.50. The SMILES string of the molecule is Cc1cc(C)n(C2CCN(Cc3ccc(OCCN4CCCC4=O)cc3)CC2)n1. The third kappa shape index (κ3) is 4.99. The van der Waals surface area contributed by atoms with Gasteiger partial charge in [0, 0.05) is 38.3 Å². The Morgan fingerprint density at radius 1 is 1.10 bits per heavy atom. The van der Waals surface area contributed by atoms with Crippen LogP contribution in [-0.2, 0) is 11.3 Å². The molecule has 2 aliphatic heterocycles. The van der Waals surface area contributed by atoms with Gasteiger partial charge in [-0.05, 0) is 56.9 Å². The van der Waals surface area contributed by atoms with Crippen LogP contribution in [0.5, 0.6) is 5.75 Å². The zero-order valence-corrected chi connectivity index (χ0v) is 17.6. The Hall–Kier alpha value is -2.34. The highest BCUT2D eigenvalue weighted by atomic mass is 16.5. The van der Waals surface area contributed by atoms with Gasteiger partial charge in [-0.3, -0.25) is 14.4 Å². The number of carbonyl (C=O) groups is 1. The molecule has 2 aromatic rings. The van der Waals surface area contributed by atoms with Crippen molar-refractivity contribution in [3.63, 3.8) is 0 Å². The van der Waals surface area contributed by atoms with E-state index in [9.17, 15) is 4.79 Å². The molecule has 0 bridgehead atoms. The second kappa shape index (κ2) is 8.99. The molecule has 0 spiro atoms. The molecule has 0 N–H and O–H groups in total. The van der Waals surface area contributed by atoms with Gasteiger partial charge in [0.1, 0.15) is 12.4 Å². The maximum absolute atomic E-state index is 11.6. The van der Waals surface area contributed by atoms with Gasteiger partial charge in [0.25, 0.3) is 0 Å². The number of nitrogens with zero attached hydrogens (tertiary/aromatic N) is 4. The minimum Gasteiger partial charge on any atom is -0.492 e. The number of piperidine rings is 1. The summed E-state index contributed by atoms with van der Waals surface area (Å²) in [6, 6.07) is 11.1. The van der Waals surface area contributed by atoms with Crippen LogP contribution >= 0.6 is 0 Å². The fraction of sp³-hybridized carbons (Fsp3) is 0.565. The van der Waals surface area contributed by atoms with Crippen molar-refractivity contribution in [2.24, 2.45) is 0 Å². The van der Waals surface area contributed by atoms with Crippen molar-refractivity contribution in [2.45, 2.75) is 52.1 Å². The number of amides is 1. The highest BCUT2D eigenvalue weighted by Gasteiger charge is 2.22. The lowest BCUT2D eigenvalue weighted by Crippen LogP contribution is -2.34. The summed E-state index contributed by atoms with van der Waals surface area (Å²) in [6.07, 6.45) is 3.97. The number of rotatable bonds is 7. The highest BCUT2D eigenvalue weighted by Crippen LogP contribution is 2.25. The van der Waals surface area contributed by atoms with Crippen molar-refractivity contribution in [3.05, 3.63) is 47.3 Å². The monoisotopic (exact) mass is 396 g/mol. The second-order valence-corrected chi connectivity index (χ2v) is 8.36. The van der Waals surface area contributed by atoms with E-state index in [0.717, 1.165) is 56.9 Å². The molecule has 2 aliphatic rings. The Morgan fingerprint density at radius 3 is 2.48 bits per heavy atom. The molecule has 6 nitrogen and oxygen atoms in total. The molecule has 0 atom stereocenters.